The lowest BCUT2D eigenvalue weighted by atomic mass is 9.89. The number of hydrogen-bond donors (Lipinski definition) is 0. The van der Waals surface area contributed by atoms with Crippen molar-refractivity contribution in [2.24, 2.45) is 5.92 Å². The number of rotatable bonds is 2. The molecule has 1 unspecified atom stereocenters. The zero-order valence-corrected chi connectivity index (χ0v) is 10.7. The van der Waals surface area contributed by atoms with Crippen LogP contribution in [0, 0.1) is 26.7 Å². The van der Waals surface area contributed by atoms with Crippen LogP contribution < -0.4 is 0 Å². The molecule has 0 aromatic heterocycles. The second kappa shape index (κ2) is 4.44. The summed E-state index contributed by atoms with van der Waals surface area (Å²) in [5.74, 6) is 0.305. The number of ketones is 2. The van der Waals surface area contributed by atoms with Gasteiger partial charge in [-0.05, 0) is 38.3 Å². The molecule has 2 heteroatoms. The van der Waals surface area contributed by atoms with Gasteiger partial charge in [-0.1, -0.05) is 17.7 Å². The Kier molecular flexibility index (Phi) is 3.14. The molecule has 2 nitrogen and oxygen atoms in total. The summed E-state index contributed by atoms with van der Waals surface area (Å²) in [5.41, 5.74) is 4.08. The Labute approximate surface area is 102 Å². The Morgan fingerprint density at radius 3 is 2.24 bits per heavy atom. The number of aryl methyl sites for hydroxylation is 3. The van der Waals surface area contributed by atoms with Crippen molar-refractivity contribution in [2.75, 3.05) is 0 Å². The number of carbonyl (C=O) groups is 2. The fourth-order valence-corrected chi connectivity index (χ4v) is 2.81. The lowest BCUT2D eigenvalue weighted by molar-refractivity contribution is -0.117. The van der Waals surface area contributed by atoms with Gasteiger partial charge in [0.05, 0.1) is 0 Å². The molecule has 0 N–H and O–H groups in total. The van der Waals surface area contributed by atoms with E-state index in [9.17, 15) is 9.59 Å². The number of hydrogen-bond acceptors (Lipinski definition) is 2. The van der Waals surface area contributed by atoms with Crippen molar-refractivity contribution in [2.45, 2.75) is 40.0 Å². The largest absolute Gasteiger partial charge is 0.300 e. The molecule has 0 spiro atoms. The minimum Gasteiger partial charge on any atom is -0.300 e. The third kappa shape index (κ3) is 2.31. The van der Waals surface area contributed by atoms with Crippen LogP contribution in [0.15, 0.2) is 12.1 Å². The van der Waals surface area contributed by atoms with Crippen molar-refractivity contribution in [3.8, 4) is 0 Å². The predicted octanol–water partition coefficient (Wildman–Crippen LogP) is 3.16. The summed E-state index contributed by atoms with van der Waals surface area (Å²) in [6.45, 7) is 5.99. The zero-order chi connectivity index (χ0) is 12.6. The van der Waals surface area contributed by atoms with Gasteiger partial charge in [-0.2, -0.15) is 0 Å². The van der Waals surface area contributed by atoms with Crippen LogP contribution in [0.25, 0.3) is 0 Å². The minimum atomic E-state index is -0.0809. The van der Waals surface area contributed by atoms with Gasteiger partial charge in [-0.25, -0.2) is 0 Å². The lowest BCUT2D eigenvalue weighted by Gasteiger charge is -2.13. The normalized spacial score (nSPS) is 19.7. The SMILES string of the molecule is Cc1cc(C)c(C(=O)C2CCC(=O)C2)c(C)c1. The molecule has 1 aromatic carbocycles. The summed E-state index contributed by atoms with van der Waals surface area (Å²) < 4.78 is 0. The molecule has 0 aliphatic heterocycles. The van der Waals surface area contributed by atoms with E-state index in [0.29, 0.717) is 12.8 Å². The highest BCUT2D eigenvalue weighted by atomic mass is 16.1. The first-order valence-corrected chi connectivity index (χ1v) is 6.13. The third-order valence-electron chi connectivity index (χ3n) is 3.54. The van der Waals surface area contributed by atoms with Crippen molar-refractivity contribution in [3.05, 3.63) is 34.4 Å². The van der Waals surface area contributed by atoms with E-state index in [1.165, 1.54) is 5.56 Å². The van der Waals surface area contributed by atoms with Gasteiger partial charge < -0.3 is 0 Å². The Balaban J connectivity index is 2.34. The fourth-order valence-electron chi connectivity index (χ4n) is 2.81. The predicted molar refractivity (Wildman–Crippen MR) is 67.3 cm³/mol. The Bertz CT molecular complexity index is 463. The molecular formula is C15H18O2. The summed E-state index contributed by atoms with van der Waals surface area (Å²) in [5, 5.41) is 0. The molecule has 17 heavy (non-hydrogen) atoms. The van der Waals surface area contributed by atoms with Crippen LogP contribution in [0.1, 0.15) is 46.3 Å². The maximum absolute atomic E-state index is 12.4. The van der Waals surface area contributed by atoms with Crippen LogP contribution in [-0.4, -0.2) is 11.6 Å². The van der Waals surface area contributed by atoms with Gasteiger partial charge in [0, 0.05) is 24.3 Å². The first kappa shape index (κ1) is 12.0. The molecule has 90 valence electrons. The smallest absolute Gasteiger partial charge is 0.166 e. The molecule has 1 aliphatic rings. The highest BCUT2D eigenvalue weighted by Gasteiger charge is 2.30. The average Bonchev–Trinajstić information content (AvgIpc) is 2.63. The van der Waals surface area contributed by atoms with Crippen molar-refractivity contribution in [1.82, 2.24) is 0 Å². The van der Waals surface area contributed by atoms with Crippen molar-refractivity contribution < 1.29 is 9.59 Å². The minimum absolute atomic E-state index is 0.0809. The molecule has 1 aromatic rings. The number of benzene rings is 1. The molecule has 1 atom stereocenters. The van der Waals surface area contributed by atoms with Gasteiger partial charge in [-0.3, -0.25) is 9.59 Å². The zero-order valence-electron chi connectivity index (χ0n) is 10.7. The Morgan fingerprint density at radius 2 is 1.76 bits per heavy atom. The van der Waals surface area contributed by atoms with Gasteiger partial charge in [-0.15, -0.1) is 0 Å². The molecule has 0 amide bonds. The topological polar surface area (TPSA) is 34.1 Å². The lowest BCUT2D eigenvalue weighted by Crippen LogP contribution is -2.15. The maximum atomic E-state index is 12.4. The van der Waals surface area contributed by atoms with E-state index in [1.807, 2.05) is 32.9 Å². The molecule has 0 bridgehead atoms. The summed E-state index contributed by atoms with van der Waals surface area (Å²) in [6.07, 6.45) is 1.73. The first-order valence-electron chi connectivity index (χ1n) is 6.13. The van der Waals surface area contributed by atoms with Gasteiger partial charge in [0.15, 0.2) is 5.78 Å². The molecule has 2 rings (SSSR count). The highest BCUT2D eigenvalue weighted by Crippen LogP contribution is 2.28. The summed E-state index contributed by atoms with van der Waals surface area (Å²) in [7, 11) is 0. The van der Waals surface area contributed by atoms with Crippen LogP contribution in [0.2, 0.25) is 0 Å². The fraction of sp³-hybridized carbons (Fsp3) is 0.467. The average molecular weight is 230 g/mol. The second-order valence-electron chi connectivity index (χ2n) is 5.12. The van der Waals surface area contributed by atoms with Gasteiger partial charge in [0.1, 0.15) is 5.78 Å². The van der Waals surface area contributed by atoms with Crippen LogP contribution in [0.5, 0.6) is 0 Å². The van der Waals surface area contributed by atoms with E-state index < -0.39 is 0 Å². The van der Waals surface area contributed by atoms with Crippen LogP contribution in [0.4, 0.5) is 0 Å². The van der Waals surface area contributed by atoms with E-state index in [-0.39, 0.29) is 17.5 Å². The second-order valence-corrected chi connectivity index (χ2v) is 5.12. The van der Waals surface area contributed by atoms with E-state index in [0.717, 1.165) is 23.1 Å². The van der Waals surface area contributed by atoms with Crippen LogP contribution in [-0.2, 0) is 4.79 Å². The molecule has 0 heterocycles. The molecule has 1 saturated carbocycles. The van der Waals surface area contributed by atoms with E-state index in [2.05, 4.69) is 0 Å². The molecule has 0 saturated heterocycles. The Hall–Kier alpha value is -1.44. The monoisotopic (exact) mass is 230 g/mol. The van der Waals surface area contributed by atoms with Crippen molar-refractivity contribution in [3.63, 3.8) is 0 Å². The highest BCUT2D eigenvalue weighted by molar-refractivity contribution is 6.03. The molecular weight excluding hydrogens is 212 g/mol. The van der Waals surface area contributed by atoms with Crippen LogP contribution in [0.3, 0.4) is 0 Å². The summed E-state index contributed by atoms with van der Waals surface area (Å²) >= 11 is 0. The third-order valence-corrected chi connectivity index (χ3v) is 3.54. The molecule has 0 radical (unpaired) electrons. The standard InChI is InChI=1S/C15H18O2/c1-9-6-10(2)14(11(3)7-9)15(17)12-4-5-13(16)8-12/h6-7,12H,4-5,8H2,1-3H3. The van der Waals surface area contributed by atoms with Gasteiger partial charge in [0.25, 0.3) is 0 Å². The number of carbonyl (C=O) groups excluding carboxylic acids is 2. The number of Topliss-reactive ketones (excluding diaryl/α,β-unsaturated/α-hetero) is 2. The van der Waals surface area contributed by atoms with E-state index in [4.69, 9.17) is 0 Å². The quantitative estimate of drug-likeness (QED) is 0.731. The maximum Gasteiger partial charge on any atom is 0.166 e. The Morgan fingerprint density at radius 1 is 1.18 bits per heavy atom. The molecule has 1 fully saturated rings. The van der Waals surface area contributed by atoms with Crippen molar-refractivity contribution in [1.29, 1.82) is 0 Å². The summed E-state index contributed by atoms with van der Waals surface area (Å²) in [4.78, 5) is 23.7. The van der Waals surface area contributed by atoms with Crippen molar-refractivity contribution >= 4 is 11.6 Å². The van der Waals surface area contributed by atoms with Gasteiger partial charge in [0.2, 0.25) is 0 Å². The van der Waals surface area contributed by atoms with Gasteiger partial charge >= 0.3 is 0 Å². The molecule has 1 aliphatic carbocycles. The van der Waals surface area contributed by atoms with Crippen LogP contribution >= 0.6 is 0 Å². The first-order chi connectivity index (χ1) is 7.99. The summed E-state index contributed by atoms with van der Waals surface area (Å²) in [6, 6.07) is 4.08. The van der Waals surface area contributed by atoms with E-state index in [1.54, 1.807) is 0 Å². The van der Waals surface area contributed by atoms with E-state index >= 15 is 0 Å².